The molecule has 7 aromatic rings. The van der Waals surface area contributed by atoms with Gasteiger partial charge in [-0.3, -0.25) is 14.4 Å². The van der Waals surface area contributed by atoms with Crippen LogP contribution in [0.15, 0.2) is 170 Å². The third-order valence-electron chi connectivity index (χ3n) is 17.9. The highest BCUT2D eigenvalue weighted by Crippen LogP contribution is 2.45. The van der Waals surface area contributed by atoms with Crippen molar-refractivity contribution in [1.82, 2.24) is 4.98 Å². The molecule has 2 fully saturated rings. The molecule has 0 spiro atoms. The van der Waals surface area contributed by atoms with Crippen molar-refractivity contribution in [2.24, 2.45) is 22.9 Å². The summed E-state index contributed by atoms with van der Waals surface area (Å²) in [5.41, 5.74) is 5.50. The molecular formula is C79H89N3O15S. The number of fused-ring (bicyclic) bond motifs is 4. The molecule has 1 heterocycles. The first kappa shape index (κ1) is 71.4. The quantitative estimate of drug-likeness (QED) is 0.00513. The molecular weight excluding hydrogens is 1260 g/mol. The van der Waals surface area contributed by atoms with Gasteiger partial charge in [-0.05, 0) is 229 Å². The fourth-order valence-electron chi connectivity index (χ4n) is 12.4. The van der Waals surface area contributed by atoms with Gasteiger partial charge in [-0.25, -0.2) is 19.6 Å². The van der Waals surface area contributed by atoms with E-state index in [1.54, 1.807) is 60.0 Å². The number of carbonyl (C=O) groups is 5. The number of hydrogen-bond donors (Lipinski definition) is 0. The van der Waals surface area contributed by atoms with E-state index in [2.05, 4.69) is 25.3 Å². The van der Waals surface area contributed by atoms with E-state index in [-0.39, 0.29) is 48.4 Å². The van der Waals surface area contributed by atoms with Gasteiger partial charge in [-0.1, -0.05) is 91.6 Å². The molecule has 10 rings (SSSR count). The Labute approximate surface area is 578 Å². The van der Waals surface area contributed by atoms with E-state index < -0.39 is 17.9 Å². The second kappa shape index (κ2) is 38.0. The lowest BCUT2D eigenvalue weighted by Gasteiger charge is -2.28. The van der Waals surface area contributed by atoms with Crippen LogP contribution >= 0.6 is 11.3 Å². The van der Waals surface area contributed by atoms with Gasteiger partial charge in [0.1, 0.15) is 34.7 Å². The zero-order valence-corrected chi connectivity index (χ0v) is 56.6. The monoisotopic (exact) mass is 1350 g/mol. The summed E-state index contributed by atoms with van der Waals surface area (Å²) in [5.74, 6) is 0.892. The van der Waals surface area contributed by atoms with Crippen molar-refractivity contribution in [1.29, 1.82) is 0 Å². The van der Waals surface area contributed by atoms with Gasteiger partial charge in [-0.2, -0.15) is 9.99 Å². The summed E-state index contributed by atoms with van der Waals surface area (Å²) in [5, 5.41) is 7.66. The maximum atomic E-state index is 13.9. The van der Waals surface area contributed by atoms with Crippen molar-refractivity contribution in [2.75, 3.05) is 51.2 Å². The standard InChI is InChI=1S/C79H89N3O15S/c1-3-73(83)90-50-20-9-7-18-48-88-60-37-41-63(42-38-60)94-62-35-33-58(34-36-62)77(86)96-65-45-46-71(97-93-55-56-29-31-57(32-30-56)76(85)95-64-43-39-61(40-44-64)89-49-19-8-10-21-51-91-74(84)4-2)59(53-65)54-80-82(79-81-70-27-15-16-28-72(70)98-79)47-17-5-6-22-52-92-78(87)75-68-25-13-11-23-66(68)67-24-12-14-26-69(67)75/h3-4,11-16,23-28,37-46,53-54,56-58,62,75H,1-2,5-10,17-22,29-36,47-52,55H2/b80-54+. The molecule has 0 aliphatic heterocycles. The van der Waals surface area contributed by atoms with Crippen LogP contribution in [-0.4, -0.2) is 93.3 Å². The highest BCUT2D eigenvalue weighted by Gasteiger charge is 2.35. The summed E-state index contributed by atoms with van der Waals surface area (Å²) in [4.78, 5) is 80.4. The molecule has 3 aliphatic rings. The number of unbranched alkanes of at least 4 members (excludes halogenated alkanes) is 9. The lowest BCUT2D eigenvalue weighted by molar-refractivity contribution is -0.218. The molecule has 0 N–H and O–H groups in total. The maximum absolute atomic E-state index is 13.9. The average Bonchev–Trinajstić information content (AvgIpc) is 1.61. The van der Waals surface area contributed by atoms with Crippen molar-refractivity contribution in [3.63, 3.8) is 0 Å². The molecule has 0 bridgehead atoms. The minimum atomic E-state index is -0.437. The maximum Gasteiger partial charge on any atom is 0.330 e. The minimum absolute atomic E-state index is 0.0515. The predicted octanol–water partition coefficient (Wildman–Crippen LogP) is 16.7. The number of thiazole rings is 1. The van der Waals surface area contributed by atoms with Gasteiger partial charge in [0.05, 0.1) is 74.0 Å². The topological polar surface area (TPSA) is 206 Å². The molecule has 1 aromatic heterocycles. The summed E-state index contributed by atoms with van der Waals surface area (Å²) < 4.78 is 47.2. The smallest absolute Gasteiger partial charge is 0.330 e. The zero-order valence-electron chi connectivity index (χ0n) is 55.8. The number of benzene rings is 6. The van der Waals surface area contributed by atoms with Crippen molar-refractivity contribution in [3.05, 3.63) is 182 Å². The Morgan fingerprint density at radius 2 is 1.01 bits per heavy atom. The molecule has 0 atom stereocenters. The van der Waals surface area contributed by atoms with Crippen molar-refractivity contribution in [3.8, 4) is 45.6 Å². The molecule has 3 aliphatic carbocycles. The molecule has 0 unspecified atom stereocenters. The normalized spacial score (nSPS) is 16.4. The van der Waals surface area contributed by atoms with E-state index in [0.29, 0.717) is 118 Å². The largest absolute Gasteiger partial charge is 0.494 e. The molecule has 19 heteroatoms. The van der Waals surface area contributed by atoms with Crippen LogP contribution in [0.3, 0.4) is 0 Å². The first-order valence-corrected chi connectivity index (χ1v) is 35.5. The van der Waals surface area contributed by atoms with Gasteiger partial charge in [0.25, 0.3) is 0 Å². The van der Waals surface area contributed by atoms with Crippen LogP contribution in [0.2, 0.25) is 0 Å². The van der Waals surface area contributed by atoms with E-state index in [1.165, 1.54) is 12.2 Å². The lowest BCUT2D eigenvalue weighted by Crippen LogP contribution is -2.30. The number of anilines is 1. The summed E-state index contributed by atoms with van der Waals surface area (Å²) in [6, 6.07) is 44.0. The second-order valence-electron chi connectivity index (χ2n) is 25.0. The van der Waals surface area contributed by atoms with Gasteiger partial charge in [0.2, 0.25) is 5.13 Å². The molecule has 516 valence electrons. The number of hydrazone groups is 1. The fraction of sp³-hybridized carbons (Fsp3) is 0.405. The fourth-order valence-corrected chi connectivity index (χ4v) is 13.3. The summed E-state index contributed by atoms with van der Waals surface area (Å²) in [6.45, 7) is 9.88. The highest BCUT2D eigenvalue weighted by molar-refractivity contribution is 7.22. The molecule has 6 aromatic carbocycles. The summed E-state index contributed by atoms with van der Waals surface area (Å²) in [6.07, 6.45) is 19.6. The first-order chi connectivity index (χ1) is 48.1. The molecule has 2 saturated carbocycles. The Morgan fingerprint density at radius 3 is 1.60 bits per heavy atom. The van der Waals surface area contributed by atoms with Gasteiger partial charge in [-0.15, -0.1) is 0 Å². The lowest BCUT2D eigenvalue weighted by atomic mass is 9.82. The predicted molar refractivity (Wildman–Crippen MR) is 377 cm³/mol. The number of aromatic nitrogens is 1. The van der Waals surface area contributed by atoms with E-state index in [0.717, 1.165) is 127 Å². The zero-order chi connectivity index (χ0) is 68.1. The Balaban J connectivity index is 0.719. The SMILES string of the molecule is C=CC(=O)OCCCCCCOc1ccc(OC(=O)C2CCC(COOc3ccc(OC(=O)C4CCC(Oc5ccc(OCCCCCCOC(=O)C=C)cc5)CC4)cc3/C=N/N(CCCCCCOC(=O)C3c4ccccc4-c4ccccc43)c3nc4ccccc4s3)CC2)cc1. The highest BCUT2D eigenvalue weighted by atomic mass is 32.1. The molecule has 0 radical (unpaired) electrons. The van der Waals surface area contributed by atoms with Crippen LogP contribution in [0.25, 0.3) is 21.3 Å². The number of esters is 5. The second-order valence-corrected chi connectivity index (χ2v) is 26.0. The number of carbonyl (C=O) groups excluding carboxylic acids is 5. The minimum Gasteiger partial charge on any atom is -0.494 e. The average molecular weight is 1350 g/mol. The third-order valence-corrected chi connectivity index (χ3v) is 18.9. The third kappa shape index (κ3) is 21.6. The summed E-state index contributed by atoms with van der Waals surface area (Å²) in [7, 11) is 0. The van der Waals surface area contributed by atoms with Gasteiger partial charge < -0.3 is 42.8 Å². The Bertz CT molecular complexity index is 3680. The number of hydrogen-bond acceptors (Lipinski definition) is 19. The Hall–Kier alpha value is -9.33. The summed E-state index contributed by atoms with van der Waals surface area (Å²) >= 11 is 1.54. The number of ether oxygens (including phenoxy) is 8. The number of nitrogens with zero attached hydrogens (tertiary/aromatic N) is 3. The number of rotatable bonds is 39. The van der Waals surface area contributed by atoms with Crippen LogP contribution in [0.4, 0.5) is 5.13 Å². The van der Waals surface area contributed by atoms with Crippen molar-refractivity contribution >= 4 is 62.7 Å². The van der Waals surface area contributed by atoms with E-state index >= 15 is 0 Å². The van der Waals surface area contributed by atoms with Crippen molar-refractivity contribution in [2.45, 2.75) is 140 Å². The van der Waals surface area contributed by atoms with E-state index in [9.17, 15) is 24.0 Å². The van der Waals surface area contributed by atoms with Gasteiger partial charge in [0, 0.05) is 24.3 Å². The molecule has 18 nitrogen and oxygen atoms in total. The van der Waals surface area contributed by atoms with E-state index in [1.807, 2.05) is 89.9 Å². The van der Waals surface area contributed by atoms with Crippen LogP contribution in [-0.2, 0) is 43.1 Å². The first-order valence-electron chi connectivity index (χ1n) is 34.7. The van der Waals surface area contributed by atoms with Crippen molar-refractivity contribution < 1.29 is 71.6 Å². The van der Waals surface area contributed by atoms with Crippen LogP contribution in [0.5, 0.6) is 34.5 Å². The van der Waals surface area contributed by atoms with Crippen LogP contribution in [0, 0.1) is 17.8 Å². The van der Waals surface area contributed by atoms with Crippen LogP contribution in [0.1, 0.15) is 151 Å². The van der Waals surface area contributed by atoms with E-state index in [4.69, 9.17) is 57.8 Å². The number of para-hydroxylation sites is 1. The Morgan fingerprint density at radius 1 is 0.510 bits per heavy atom. The molecule has 0 saturated heterocycles. The molecule has 98 heavy (non-hydrogen) atoms. The Kier molecular flexibility index (Phi) is 27.7. The van der Waals surface area contributed by atoms with Crippen LogP contribution < -0.4 is 33.6 Å². The van der Waals surface area contributed by atoms with Gasteiger partial charge in [0.15, 0.2) is 5.75 Å². The van der Waals surface area contributed by atoms with Gasteiger partial charge >= 0.3 is 29.8 Å². The molecule has 0 amide bonds.